The first kappa shape index (κ1) is 27.1. The van der Waals surface area contributed by atoms with Crippen LogP contribution < -0.4 is 15.4 Å². The number of benzene rings is 2. The van der Waals surface area contributed by atoms with Crippen LogP contribution in [-0.4, -0.2) is 75.5 Å². The number of aliphatic hydroxyl groups is 1. The number of nitrogens with zero attached hydrogens (tertiary/aromatic N) is 1. The first-order valence-corrected chi connectivity index (χ1v) is 13.1. The maximum absolute atomic E-state index is 13.5. The van der Waals surface area contributed by atoms with Crippen LogP contribution in [0.15, 0.2) is 59.5 Å². The molecule has 1 saturated heterocycles. The summed E-state index contributed by atoms with van der Waals surface area (Å²) in [6.45, 7) is 4.40. The highest BCUT2D eigenvalue weighted by Gasteiger charge is 2.33. The topological polar surface area (TPSA) is 117 Å². The van der Waals surface area contributed by atoms with Gasteiger partial charge in [-0.1, -0.05) is 44.2 Å². The van der Waals surface area contributed by atoms with E-state index in [9.17, 15) is 18.3 Å². The first-order valence-electron chi connectivity index (χ1n) is 11.7. The highest BCUT2D eigenvalue weighted by atomic mass is 32.2. The fourth-order valence-electron chi connectivity index (χ4n) is 3.91. The molecule has 1 heterocycles. The number of ether oxygens (including phenoxy) is 2. The Morgan fingerprint density at radius 2 is 1.86 bits per heavy atom. The van der Waals surface area contributed by atoms with Gasteiger partial charge in [0.25, 0.3) is 0 Å². The molecule has 2 aromatic carbocycles. The lowest BCUT2D eigenvalue weighted by atomic mass is 10.0. The Hall–Kier alpha value is -2.50. The van der Waals surface area contributed by atoms with Gasteiger partial charge in [0.2, 0.25) is 15.9 Å². The maximum atomic E-state index is 13.5. The molecule has 1 amide bonds. The average molecular weight is 506 g/mol. The number of sulfonamides is 1. The van der Waals surface area contributed by atoms with Crippen molar-refractivity contribution >= 4 is 15.9 Å². The van der Waals surface area contributed by atoms with Gasteiger partial charge in [-0.2, -0.15) is 4.31 Å². The third-order valence-electron chi connectivity index (χ3n) is 5.78. The zero-order valence-corrected chi connectivity index (χ0v) is 21.2. The summed E-state index contributed by atoms with van der Waals surface area (Å²) >= 11 is 0. The van der Waals surface area contributed by atoms with E-state index in [-0.39, 0.29) is 43.1 Å². The second kappa shape index (κ2) is 12.5. The van der Waals surface area contributed by atoms with Crippen molar-refractivity contribution < 1.29 is 27.8 Å². The quantitative estimate of drug-likeness (QED) is 0.399. The molecule has 192 valence electrons. The van der Waals surface area contributed by atoms with E-state index in [0.29, 0.717) is 12.2 Å². The van der Waals surface area contributed by atoms with Crippen molar-refractivity contribution in [3.63, 3.8) is 0 Å². The Morgan fingerprint density at radius 3 is 2.43 bits per heavy atom. The van der Waals surface area contributed by atoms with Crippen LogP contribution >= 0.6 is 0 Å². The van der Waals surface area contributed by atoms with Crippen LogP contribution in [0.3, 0.4) is 0 Å². The molecule has 0 radical (unpaired) electrons. The second-order valence-electron chi connectivity index (χ2n) is 9.04. The summed E-state index contributed by atoms with van der Waals surface area (Å²) in [7, 11) is -2.38. The normalized spacial score (nSPS) is 17.9. The Morgan fingerprint density at radius 1 is 1.17 bits per heavy atom. The van der Waals surface area contributed by atoms with Gasteiger partial charge in [-0.05, 0) is 42.2 Å². The van der Waals surface area contributed by atoms with Crippen LogP contribution in [-0.2, 0) is 26.0 Å². The lowest BCUT2D eigenvalue weighted by Crippen LogP contribution is -2.54. The zero-order chi connectivity index (χ0) is 25.4. The van der Waals surface area contributed by atoms with E-state index < -0.39 is 28.2 Å². The van der Waals surface area contributed by atoms with Crippen molar-refractivity contribution in [2.45, 2.75) is 43.4 Å². The summed E-state index contributed by atoms with van der Waals surface area (Å²) in [5, 5.41) is 17.1. The average Bonchev–Trinajstić information content (AvgIpc) is 3.39. The molecule has 9 nitrogen and oxygen atoms in total. The van der Waals surface area contributed by atoms with Gasteiger partial charge in [0.05, 0.1) is 37.5 Å². The SMILES string of the molecule is COc1ccc(S(=O)(=O)N(CC(C)C)C[C@@H](O)[C@H](Cc2ccccc2)NC(=O)C2COCN2)cc1. The molecule has 3 atom stereocenters. The van der Waals surface area contributed by atoms with Crippen LogP contribution in [0.5, 0.6) is 5.75 Å². The van der Waals surface area contributed by atoms with Crippen LogP contribution in [0, 0.1) is 5.92 Å². The van der Waals surface area contributed by atoms with Crippen molar-refractivity contribution in [3.05, 3.63) is 60.2 Å². The first-order chi connectivity index (χ1) is 16.7. The number of amides is 1. The molecule has 0 spiro atoms. The van der Waals surface area contributed by atoms with Crippen LogP contribution in [0.25, 0.3) is 0 Å². The van der Waals surface area contributed by atoms with Gasteiger partial charge < -0.3 is 19.9 Å². The third-order valence-corrected chi connectivity index (χ3v) is 7.63. The predicted octanol–water partition coefficient (Wildman–Crippen LogP) is 1.38. The zero-order valence-electron chi connectivity index (χ0n) is 20.4. The number of aliphatic hydroxyl groups excluding tert-OH is 1. The molecular formula is C25H35N3O6S. The van der Waals surface area contributed by atoms with Crippen LogP contribution in [0.1, 0.15) is 19.4 Å². The summed E-state index contributed by atoms with van der Waals surface area (Å²) in [4.78, 5) is 12.9. The molecule has 1 unspecified atom stereocenters. The fourth-order valence-corrected chi connectivity index (χ4v) is 5.53. The molecule has 2 aromatic rings. The van der Waals surface area contributed by atoms with Gasteiger partial charge >= 0.3 is 0 Å². The Labute approximate surface area is 207 Å². The summed E-state index contributed by atoms with van der Waals surface area (Å²) < 4.78 is 38.6. The monoisotopic (exact) mass is 505 g/mol. The van der Waals surface area contributed by atoms with Crippen molar-refractivity contribution in [1.82, 2.24) is 14.9 Å². The molecule has 35 heavy (non-hydrogen) atoms. The molecular weight excluding hydrogens is 470 g/mol. The summed E-state index contributed by atoms with van der Waals surface area (Å²) in [6.07, 6.45) is -0.798. The largest absolute Gasteiger partial charge is 0.497 e. The van der Waals surface area contributed by atoms with Gasteiger partial charge in [-0.25, -0.2) is 8.42 Å². The van der Waals surface area contributed by atoms with E-state index in [1.165, 1.54) is 23.5 Å². The molecule has 0 aromatic heterocycles. The van der Waals surface area contributed by atoms with Gasteiger partial charge in [-0.15, -0.1) is 0 Å². The fraction of sp³-hybridized carbons (Fsp3) is 0.480. The smallest absolute Gasteiger partial charge is 0.243 e. The number of nitrogens with one attached hydrogen (secondary N) is 2. The Balaban J connectivity index is 1.83. The number of rotatable bonds is 12. The van der Waals surface area contributed by atoms with E-state index in [1.54, 1.807) is 12.1 Å². The molecule has 3 rings (SSSR count). The number of carbonyl (C=O) groups is 1. The van der Waals surface area contributed by atoms with Crippen molar-refractivity contribution in [1.29, 1.82) is 0 Å². The highest BCUT2D eigenvalue weighted by molar-refractivity contribution is 7.89. The summed E-state index contributed by atoms with van der Waals surface area (Å²) in [5.74, 6) is 0.280. The Kier molecular flexibility index (Phi) is 9.64. The van der Waals surface area contributed by atoms with E-state index in [1.807, 2.05) is 44.2 Å². The number of methoxy groups -OCH3 is 1. The molecule has 0 bridgehead atoms. The van der Waals surface area contributed by atoms with Crippen LogP contribution in [0.4, 0.5) is 0 Å². The molecule has 1 aliphatic rings. The predicted molar refractivity (Wildman–Crippen MR) is 132 cm³/mol. The molecule has 10 heteroatoms. The van der Waals surface area contributed by atoms with E-state index >= 15 is 0 Å². The van der Waals surface area contributed by atoms with Crippen LogP contribution in [0.2, 0.25) is 0 Å². The second-order valence-corrected chi connectivity index (χ2v) is 11.0. The standard InChI is InChI=1S/C25H35N3O6S/c1-18(2)14-28(35(31,32)21-11-9-20(33-3)10-12-21)15-24(29)22(13-19-7-5-4-6-8-19)27-25(30)23-16-34-17-26-23/h4-12,18,22-24,26,29H,13-17H2,1-3H3,(H,27,30)/t22-,23?,24+/m0/s1. The Bertz CT molecular complexity index is 1040. The van der Waals surface area contributed by atoms with Crippen molar-refractivity contribution in [2.24, 2.45) is 5.92 Å². The minimum Gasteiger partial charge on any atom is -0.497 e. The minimum absolute atomic E-state index is 0.0252. The number of carbonyl (C=O) groups excluding carboxylic acids is 1. The lowest BCUT2D eigenvalue weighted by Gasteiger charge is -2.31. The highest BCUT2D eigenvalue weighted by Crippen LogP contribution is 2.21. The number of hydrogen-bond acceptors (Lipinski definition) is 7. The van der Waals surface area contributed by atoms with Crippen molar-refractivity contribution in [2.75, 3.05) is 33.5 Å². The number of hydrogen-bond donors (Lipinski definition) is 3. The van der Waals surface area contributed by atoms with Gasteiger partial charge in [-0.3, -0.25) is 10.1 Å². The summed E-state index contributed by atoms with van der Waals surface area (Å²) in [6, 6.07) is 14.4. The maximum Gasteiger partial charge on any atom is 0.243 e. The van der Waals surface area contributed by atoms with E-state index in [0.717, 1.165) is 5.56 Å². The van der Waals surface area contributed by atoms with E-state index in [4.69, 9.17) is 9.47 Å². The molecule has 1 fully saturated rings. The molecule has 3 N–H and O–H groups in total. The molecule has 0 saturated carbocycles. The minimum atomic E-state index is -3.89. The molecule has 1 aliphatic heterocycles. The van der Waals surface area contributed by atoms with E-state index in [2.05, 4.69) is 10.6 Å². The molecule has 0 aliphatic carbocycles. The van der Waals surface area contributed by atoms with Gasteiger partial charge in [0.1, 0.15) is 11.8 Å². The lowest BCUT2D eigenvalue weighted by molar-refractivity contribution is -0.124. The van der Waals surface area contributed by atoms with Crippen molar-refractivity contribution in [3.8, 4) is 5.75 Å². The third kappa shape index (κ3) is 7.49. The van der Waals surface area contributed by atoms with Gasteiger partial charge in [0.15, 0.2) is 0 Å². The summed E-state index contributed by atoms with van der Waals surface area (Å²) in [5.41, 5.74) is 0.918. The van der Waals surface area contributed by atoms with Gasteiger partial charge in [0, 0.05) is 13.1 Å².